The van der Waals surface area contributed by atoms with E-state index in [9.17, 15) is 4.79 Å². The summed E-state index contributed by atoms with van der Waals surface area (Å²) in [5.74, 6) is 0. The molecule has 0 amide bonds. The molecule has 0 rings (SSSR count). The van der Waals surface area contributed by atoms with Gasteiger partial charge >= 0.3 is 29.6 Å². The molecule has 0 aliphatic heterocycles. The van der Waals surface area contributed by atoms with Crippen LogP contribution in [-0.2, 0) is 0 Å². The van der Waals surface area contributed by atoms with Gasteiger partial charge < -0.3 is 1.43 Å². The van der Waals surface area contributed by atoms with Gasteiger partial charge in [-0.2, -0.15) is 0 Å². The van der Waals surface area contributed by atoms with E-state index in [-0.39, 0.29) is 35.4 Å². The zero-order valence-electron chi connectivity index (χ0n) is 4.21. The topological polar surface area (TPSA) is 17.1 Å². The Labute approximate surface area is 74.6 Å². The molecule has 0 N–H and O–H groups in total. The van der Waals surface area contributed by atoms with Crippen molar-refractivity contribution in [1.82, 2.24) is 0 Å². The molecular weight excluding hydrogens is 147 g/mol. The van der Waals surface area contributed by atoms with Crippen LogP contribution in [0.25, 0.3) is 0 Å². The van der Waals surface area contributed by atoms with E-state index in [1.807, 2.05) is 0 Å². The molecule has 0 aliphatic carbocycles. The van der Waals surface area contributed by atoms with E-state index in [0.717, 1.165) is 10.8 Å². The minimum atomic E-state index is -0.270. The summed E-state index contributed by atoms with van der Waals surface area (Å²) < 4.78 is -0.270. The SMILES string of the molecule is O=C(S)SS.[H-].[Na+]. The van der Waals surface area contributed by atoms with Crippen LogP contribution < -0.4 is 29.6 Å². The predicted molar refractivity (Wildman–Crippen MR) is 32.1 cm³/mol. The average Bonchev–Trinajstić information content (AvgIpc) is 1.38. The van der Waals surface area contributed by atoms with Crippen molar-refractivity contribution in [3.05, 3.63) is 0 Å². The molecule has 32 valence electrons. The molecule has 0 aromatic heterocycles. The fourth-order valence-electron chi connectivity index (χ4n) is 0. The summed E-state index contributed by atoms with van der Waals surface area (Å²) in [5.41, 5.74) is 0. The minimum Gasteiger partial charge on any atom is -1.00 e. The minimum absolute atomic E-state index is 0. The Bertz CT molecular complexity index is 50.2. The van der Waals surface area contributed by atoms with Crippen molar-refractivity contribution >= 4 is 39.5 Å². The Hall–Kier alpha value is 1.72. The van der Waals surface area contributed by atoms with Crippen molar-refractivity contribution in [2.75, 3.05) is 0 Å². The number of carbonyl (C=O) groups is 1. The zero-order chi connectivity index (χ0) is 4.28. The molecule has 5 heteroatoms. The van der Waals surface area contributed by atoms with Crippen LogP contribution in [0.15, 0.2) is 0 Å². The van der Waals surface area contributed by atoms with Gasteiger partial charge in [0.25, 0.3) is 4.45 Å². The third-order valence-electron chi connectivity index (χ3n) is 0.0781. The Morgan fingerprint density at radius 1 is 1.83 bits per heavy atom. The van der Waals surface area contributed by atoms with Crippen LogP contribution in [-0.4, -0.2) is 4.45 Å². The quantitative estimate of drug-likeness (QED) is 0.255. The van der Waals surface area contributed by atoms with Gasteiger partial charge in [-0.3, -0.25) is 4.79 Å². The second kappa shape index (κ2) is 6.72. The van der Waals surface area contributed by atoms with Crippen LogP contribution >= 0.6 is 35.1 Å². The van der Waals surface area contributed by atoms with Crippen molar-refractivity contribution < 1.29 is 35.8 Å². The first-order chi connectivity index (χ1) is 2.27. The van der Waals surface area contributed by atoms with Crippen molar-refractivity contribution in [2.45, 2.75) is 0 Å². The van der Waals surface area contributed by atoms with E-state index in [4.69, 9.17) is 0 Å². The van der Waals surface area contributed by atoms with Gasteiger partial charge in [0, 0.05) is 0 Å². The van der Waals surface area contributed by atoms with Crippen molar-refractivity contribution in [2.24, 2.45) is 0 Å². The summed E-state index contributed by atoms with van der Waals surface area (Å²) in [7, 11) is 0.799. The first-order valence-corrected chi connectivity index (χ1v) is 3.13. The van der Waals surface area contributed by atoms with Crippen molar-refractivity contribution in [3.63, 3.8) is 0 Å². The molecule has 6 heavy (non-hydrogen) atoms. The monoisotopic (exact) mass is 150 g/mol. The Kier molecular flexibility index (Phi) is 11.9. The molecule has 0 atom stereocenters. The van der Waals surface area contributed by atoms with E-state index < -0.39 is 0 Å². The summed E-state index contributed by atoms with van der Waals surface area (Å²) in [5, 5.41) is 0. The Balaban J connectivity index is -0.0000000800. The van der Waals surface area contributed by atoms with Gasteiger partial charge in [-0.1, -0.05) is 12.6 Å². The molecule has 0 bridgehead atoms. The average molecular weight is 150 g/mol. The number of hydrogen-bond acceptors (Lipinski definition) is 3. The van der Waals surface area contributed by atoms with Crippen LogP contribution in [0.2, 0.25) is 0 Å². The van der Waals surface area contributed by atoms with Crippen LogP contribution in [0.4, 0.5) is 4.79 Å². The summed E-state index contributed by atoms with van der Waals surface area (Å²) in [6, 6.07) is 0. The van der Waals surface area contributed by atoms with Crippen molar-refractivity contribution in [3.8, 4) is 0 Å². The summed E-state index contributed by atoms with van der Waals surface area (Å²) >= 11 is 6.85. The summed E-state index contributed by atoms with van der Waals surface area (Å²) in [6.45, 7) is 0. The van der Waals surface area contributed by atoms with Gasteiger partial charge in [0.2, 0.25) is 0 Å². The number of hydrogen-bond donors (Lipinski definition) is 2. The second-order valence-corrected chi connectivity index (χ2v) is 2.17. The maximum atomic E-state index is 9.56. The molecule has 0 aromatic rings. The largest absolute Gasteiger partial charge is 1.00 e. The van der Waals surface area contributed by atoms with Gasteiger partial charge in [0.05, 0.1) is 0 Å². The molecule has 0 unspecified atom stereocenters. The first kappa shape index (κ1) is 10.7. The van der Waals surface area contributed by atoms with Gasteiger partial charge in [0.15, 0.2) is 0 Å². The molecule has 0 saturated carbocycles. The zero-order valence-corrected chi connectivity index (χ0v) is 7.82. The summed E-state index contributed by atoms with van der Waals surface area (Å²) in [6.07, 6.45) is 0. The van der Waals surface area contributed by atoms with Crippen LogP contribution in [0.5, 0.6) is 0 Å². The summed E-state index contributed by atoms with van der Waals surface area (Å²) in [4.78, 5) is 9.56. The predicted octanol–water partition coefficient (Wildman–Crippen LogP) is -1.27. The third-order valence-corrected chi connectivity index (χ3v) is 1.44. The molecule has 0 heterocycles. The normalized spacial score (nSPS) is 6.33. The Morgan fingerprint density at radius 3 is 2.00 bits per heavy atom. The van der Waals surface area contributed by atoms with Crippen LogP contribution in [0.1, 0.15) is 1.43 Å². The Morgan fingerprint density at radius 2 is 2.00 bits per heavy atom. The second-order valence-electron chi connectivity index (χ2n) is 0.357. The molecule has 0 fully saturated rings. The third kappa shape index (κ3) is 9.21. The van der Waals surface area contributed by atoms with Crippen LogP contribution in [0.3, 0.4) is 0 Å². The smallest absolute Gasteiger partial charge is 1.00 e. The van der Waals surface area contributed by atoms with Gasteiger partial charge in [0.1, 0.15) is 0 Å². The maximum Gasteiger partial charge on any atom is 1.00 e. The molecule has 0 spiro atoms. The van der Waals surface area contributed by atoms with Gasteiger partial charge in [-0.05, 0) is 10.8 Å². The molecule has 0 aliphatic rings. The molecular formula is CH3NaOS3. The van der Waals surface area contributed by atoms with Gasteiger partial charge in [-0.25, -0.2) is 0 Å². The molecule has 0 radical (unpaired) electrons. The molecule has 1 nitrogen and oxygen atoms in total. The fraction of sp³-hybridized carbons (Fsp3) is 0. The van der Waals surface area contributed by atoms with E-state index in [0.29, 0.717) is 0 Å². The standard InChI is InChI=1S/CH2OS3.Na.H/c2-1(3)5-4;;/h4H,(H,2,3);;/q;+1;-1. The number of rotatable bonds is 0. The molecule has 0 aromatic carbocycles. The van der Waals surface area contributed by atoms with E-state index in [1.54, 1.807) is 0 Å². The van der Waals surface area contributed by atoms with E-state index in [2.05, 4.69) is 24.3 Å². The van der Waals surface area contributed by atoms with Crippen molar-refractivity contribution in [1.29, 1.82) is 0 Å². The van der Waals surface area contributed by atoms with Crippen LogP contribution in [0, 0.1) is 0 Å². The first-order valence-electron chi connectivity index (χ1n) is 0.814. The number of thiol groups is 2. The van der Waals surface area contributed by atoms with E-state index >= 15 is 0 Å². The number of carbonyl (C=O) groups excluding carboxylic acids is 1. The van der Waals surface area contributed by atoms with Gasteiger partial charge in [-0.15, -0.1) is 11.7 Å². The maximum absolute atomic E-state index is 9.56. The van der Waals surface area contributed by atoms with E-state index in [1.165, 1.54) is 0 Å². The molecule has 0 saturated heterocycles. The fourth-order valence-corrected chi connectivity index (χ4v) is 0.